The number of rotatable bonds is 8. The molecule has 5 nitrogen and oxygen atoms in total. The molecule has 1 fully saturated rings. The fourth-order valence-electron chi connectivity index (χ4n) is 2.29. The zero-order valence-electron chi connectivity index (χ0n) is 13.1. The summed E-state index contributed by atoms with van der Waals surface area (Å²) in [6, 6.07) is 5.28. The molecule has 0 radical (unpaired) electrons. The normalized spacial score (nSPS) is 16.8. The molecule has 1 atom stereocenters. The molecule has 2 rings (SSSR count). The highest BCUT2D eigenvalue weighted by atomic mass is 19.3. The molecular weight excluding hydrogens is 342 g/mol. The molecule has 0 saturated heterocycles. The van der Waals surface area contributed by atoms with E-state index in [9.17, 15) is 22.4 Å². The third-order valence-electron chi connectivity index (χ3n) is 3.93. The highest BCUT2D eigenvalue weighted by Gasteiger charge is 2.45. The fourth-order valence-corrected chi connectivity index (χ4v) is 2.29. The van der Waals surface area contributed by atoms with Crippen molar-refractivity contribution in [1.82, 2.24) is 5.32 Å². The molecule has 0 aliphatic heterocycles. The molecule has 1 aromatic rings. The Bertz CT molecular complexity index is 672. The lowest BCUT2D eigenvalue weighted by molar-refractivity contribution is -0.123. The van der Waals surface area contributed by atoms with E-state index in [4.69, 9.17) is 11.0 Å². The van der Waals surface area contributed by atoms with Crippen LogP contribution in [0.25, 0.3) is 0 Å². The van der Waals surface area contributed by atoms with Crippen molar-refractivity contribution < 1.29 is 27.1 Å². The molecule has 0 heterocycles. The van der Waals surface area contributed by atoms with E-state index in [0.717, 1.165) is 12.1 Å². The number of halogens is 4. The minimum absolute atomic E-state index is 0.386. The van der Waals surface area contributed by atoms with E-state index in [0.29, 0.717) is 12.8 Å². The van der Waals surface area contributed by atoms with Crippen molar-refractivity contribution in [2.75, 3.05) is 0 Å². The number of alkyl halides is 4. The molecule has 1 amide bonds. The predicted octanol–water partition coefficient (Wildman–Crippen LogP) is 2.66. The summed E-state index contributed by atoms with van der Waals surface area (Å²) < 4.78 is 57.5. The molecule has 0 spiro atoms. The van der Waals surface area contributed by atoms with Crippen LogP contribution in [0.2, 0.25) is 0 Å². The fraction of sp³-hybridized carbons (Fsp3) is 0.500. The number of carbonyl (C=O) groups is 1. The Balaban J connectivity index is 1.99. The van der Waals surface area contributed by atoms with E-state index < -0.39 is 47.8 Å². The highest BCUT2D eigenvalue weighted by molar-refractivity contribution is 5.83. The van der Waals surface area contributed by atoms with Crippen molar-refractivity contribution >= 4 is 5.91 Å². The average molecular weight is 359 g/mol. The SMILES string of the molecule is N#CC1(NC(=O)[C@@H](N)CCC(F)(F)c2ccccc2OC(F)F)CC1. The van der Waals surface area contributed by atoms with Crippen molar-refractivity contribution in [3.05, 3.63) is 29.8 Å². The number of hydrogen-bond acceptors (Lipinski definition) is 4. The molecule has 1 aliphatic carbocycles. The molecule has 0 aromatic heterocycles. The standard InChI is InChI=1S/C16H17F4N3O2/c17-14(18)25-12-4-2-1-3-10(12)16(19,20)6-5-11(22)13(24)23-15(9-21)7-8-15/h1-4,11,14H,5-8,22H2,(H,23,24)/t11-/m0/s1. The Morgan fingerprint density at radius 1 is 1.40 bits per heavy atom. The van der Waals surface area contributed by atoms with Crippen LogP contribution < -0.4 is 15.8 Å². The maximum absolute atomic E-state index is 14.3. The van der Waals surface area contributed by atoms with Crippen molar-refractivity contribution in [2.24, 2.45) is 5.73 Å². The van der Waals surface area contributed by atoms with Gasteiger partial charge in [0.05, 0.1) is 17.7 Å². The van der Waals surface area contributed by atoms with E-state index in [1.807, 2.05) is 6.07 Å². The first-order valence-electron chi connectivity index (χ1n) is 7.60. The molecule has 136 valence electrons. The van der Waals surface area contributed by atoms with Crippen LogP contribution in [0.5, 0.6) is 5.75 Å². The molecular formula is C16H17F4N3O2. The summed E-state index contributed by atoms with van der Waals surface area (Å²) >= 11 is 0. The molecule has 3 N–H and O–H groups in total. The smallest absolute Gasteiger partial charge is 0.387 e. The molecule has 9 heteroatoms. The van der Waals surface area contributed by atoms with Gasteiger partial charge in [-0.1, -0.05) is 12.1 Å². The number of nitrogens with zero attached hydrogens (tertiary/aromatic N) is 1. The Morgan fingerprint density at radius 3 is 2.60 bits per heavy atom. The summed E-state index contributed by atoms with van der Waals surface area (Å²) in [7, 11) is 0. The largest absolute Gasteiger partial charge is 0.434 e. The quantitative estimate of drug-likeness (QED) is 0.699. The highest BCUT2D eigenvalue weighted by Crippen LogP contribution is 2.39. The first-order valence-corrected chi connectivity index (χ1v) is 7.60. The van der Waals surface area contributed by atoms with E-state index >= 15 is 0 Å². The maximum atomic E-state index is 14.3. The van der Waals surface area contributed by atoms with Crippen LogP contribution in [0.3, 0.4) is 0 Å². The number of hydrogen-bond donors (Lipinski definition) is 2. The lowest BCUT2D eigenvalue weighted by Gasteiger charge is -2.22. The summed E-state index contributed by atoms with van der Waals surface area (Å²) in [5.41, 5.74) is 3.97. The molecule has 0 bridgehead atoms. The molecule has 1 aliphatic rings. The second kappa shape index (κ2) is 7.27. The minimum atomic E-state index is -3.50. The summed E-state index contributed by atoms with van der Waals surface area (Å²) in [4.78, 5) is 11.9. The third kappa shape index (κ3) is 4.82. The minimum Gasteiger partial charge on any atom is -0.434 e. The summed E-state index contributed by atoms with van der Waals surface area (Å²) in [5, 5.41) is 11.3. The van der Waals surface area contributed by atoms with Gasteiger partial charge in [-0.15, -0.1) is 0 Å². The van der Waals surface area contributed by atoms with Crippen molar-refractivity contribution in [3.63, 3.8) is 0 Å². The molecule has 1 saturated carbocycles. The Hall–Kier alpha value is -2.34. The average Bonchev–Trinajstić information content (AvgIpc) is 3.32. The number of amides is 1. The monoisotopic (exact) mass is 359 g/mol. The van der Waals surface area contributed by atoms with Gasteiger partial charge in [-0.3, -0.25) is 4.79 Å². The zero-order chi connectivity index (χ0) is 18.7. The predicted molar refractivity (Wildman–Crippen MR) is 79.9 cm³/mol. The van der Waals surface area contributed by atoms with Crippen LogP contribution in [0, 0.1) is 11.3 Å². The summed E-state index contributed by atoms with van der Waals surface area (Å²) in [6.07, 6.45) is -0.221. The number of nitriles is 1. The van der Waals surface area contributed by atoms with Gasteiger partial charge in [0.2, 0.25) is 5.91 Å². The lowest BCUT2D eigenvalue weighted by atomic mass is 9.99. The van der Waals surface area contributed by atoms with Crippen LogP contribution in [0.1, 0.15) is 31.2 Å². The topological polar surface area (TPSA) is 88.1 Å². The Labute approximate surface area is 141 Å². The number of carbonyl (C=O) groups excluding carboxylic acids is 1. The molecule has 25 heavy (non-hydrogen) atoms. The Morgan fingerprint density at radius 2 is 2.04 bits per heavy atom. The third-order valence-corrected chi connectivity index (χ3v) is 3.93. The van der Waals surface area contributed by atoms with Crippen molar-refractivity contribution in [3.8, 4) is 11.8 Å². The van der Waals surface area contributed by atoms with E-state index in [-0.39, 0.29) is 6.42 Å². The van der Waals surface area contributed by atoms with Gasteiger partial charge in [0.15, 0.2) is 0 Å². The second-order valence-electron chi connectivity index (χ2n) is 5.91. The van der Waals surface area contributed by atoms with E-state index in [2.05, 4.69) is 10.1 Å². The van der Waals surface area contributed by atoms with Gasteiger partial charge in [0.25, 0.3) is 5.92 Å². The molecule has 0 unspecified atom stereocenters. The van der Waals surface area contributed by atoms with Gasteiger partial charge in [-0.2, -0.15) is 14.0 Å². The van der Waals surface area contributed by atoms with Gasteiger partial charge in [0, 0.05) is 6.42 Å². The van der Waals surface area contributed by atoms with Crippen LogP contribution in [0.15, 0.2) is 24.3 Å². The van der Waals surface area contributed by atoms with Gasteiger partial charge >= 0.3 is 6.61 Å². The van der Waals surface area contributed by atoms with Crippen LogP contribution >= 0.6 is 0 Å². The van der Waals surface area contributed by atoms with Gasteiger partial charge in [-0.05, 0) is 31.4 Å². The number of nitrogens with one attached hydrogen (secondary N) is 1. The van der Waals surface area contributed by atoms with Gasteiger partial charge in [-0.25, -0.2) is 8.78 Å². The number of benzene rings is 1. The van der Waals surface area contributed by atoms with E-state index in [1.54, 1.807) is 0 Å². The number of nitrogens with two attached hydrogens (primary N) is 1. The van der Waals surface area contributed by atoms with Gasteiger partial charge in [0.1, 0.15) is 11.3 Å². The number of para-hydroxylation sites is 1. The van der Waals surface area contributed by atoms with E-state index in [1.165, 1.54) is 12.1 Å². The molecule has 1 aromatic carbocycles. The first-order chi connectivity index (χ1) is 11.7. The lowest BCUT2D eigenvalue weighted by Crippen LogP contribution is -2.46. The first kappa shape index (κ1) is 19.0. The van der Waals surface area contributed by atoms with Crippen molar-refractivity contribution in [2.45, 2.75) is 49.8 Å². The maximum Gasteiger partial charge on any atom is 0.387 e. The van der Waals surface area contributed by atoms with Crippen molar-refractivity contribution in [1.29, 1.82) is 5.26 Å². The summed E-state index contributed by atoms with van der Waals surface area (Å²) in [5.74, 6) is -4.82. The Kier molecular flexibility index (Phi) is 5.52. The van der Waals surface area contributed by atoms with Crippen LogP contribution in [-0.4, -0.2) is 24.1 Å². The van der Waals surface area contributed by atoms with Crippen LogP contribution in [0.4, 0.5) is 17.6 Å². The summed E-state index contributed by atoms with van der Waals surface area (Å²) in [6.45, 7) is -3.23. The zero-order valence-corrected chi connectivity index (χ0v) is 13.1. The second-order valence-corrected chi connectivity index (χ2v) is 5.91. The van der Waals surface area contributed by atoms with Crippen LogP contribution in [-0.2, 0) is 10.7 Å². The van der Waals surface area contributed by atoms with Gasteiger partial charge < -0.3 is 15.8 Å². The number of ether oxygens (including phenoxy) is 1.